The quantitative estimate of drug-likeness (QED) is 0.905. The fraction of sp³-hybridized carbons (Fsp3) is 0.500. The number of piperidine rings is 1. The van der Waals surface area contributed by atoms with E-state index in [0.29, 0.717) is 18.5 Å². The van der Waals surface area contributed by atoms with Crippen molar-refractivity contribution in [2.24, 2.45) is 0 Å². The second kappa shape index (κ2) is 7.59. The third kappa shape index (κ3) is 4.30. The lowest BCUT2D eigenvalue weighted by atomic mass is 10.0. The molecule has 0 spiro atoms. The average molecular weight is 353 g/mol. The SMILES string of the molecule is CCCC(=O)NC1CCCN(C(=O)c2ccccc2Br)C1. The maximum Gasteiger partial charge on any atom is 0.255 e. The molecule has 1 aliphatic rings. The molecular formula is C16H21BrN2O2. The molecule has 0 aromatic heterocycles. The van der Waals surface area contributed by atoms with Crippen molar-refractivity contribution >= 4 is 27.7 Å². The highest BCUT2D eigenvalue weighted by molar-refractivity contribution is 9.10. The predicted octanol–water partition coefficient (Wildman–Crippen LogP) is 2.97. The summed E-state index contributed by atoms with van der Waals surface area (Å²) >= 11 is 3.42. The minimum Gasteiger partial charge on any atom is -0.352 e. The summed E-state index contributed by atoms with van der Waals surface area (Å²) in [7, 11) is 0. The van der Waals surface area contributed by atoms with Gasteiger partial charge in [-0.1, -0.05) is 19.1 Å². The van der Waals surface area contributed by atoms with E-state index in [-0.39, 0.29) is 17.9 Å². The van der Waals surface area contributed by atoms with Gasteiger partial charge in [-0.15, -0.1) is 0 Å². The highest BCUT2D eigenvalue weighted by atomic mass is 79.9. The number of halogens is 1. The number of benzene rings is 1. The van der Waals surface area contributed by atoms with Crippen molar-refractivity contribution < 1.29 is 9.59 Å². The Morgan fingerprint density at radius 3 is 2.86 bits per heavy atom. The van der Waals surface area contributed by atoms with Gasteiger partial charge >= 0.3 is 0 Å². The van der Waals surface area contributed by atoms with Crippen LogP contribution in [0, 0.1) is 0 Å². The number of likely N-dealkylation sites (tertiary alicyclic amines) is 1. The monoisotopic (exact) mass is 352 g/mol. The van der Waals surface area contributed by atoms with Gasteiger partial charge in [-0.2, -0.15) is 0 Å². The third-order valence-electron chi connectivity index (χ3n) is 3.66. The van der Waals surface area contributed by atoms with E-state index in [9.17, 15) is 9.59 Å². The second-order valence-electron chi connectivity index (χ2n) is 5.39. The number of carbonyl (C=O) groups is 2. The molecule has 1 unspecified atom stereocenters. The summed E-state index contributed by atoms with van der Waals surface area (Å²) in [5.74, 6) is 0.106. The Balaban J connectivity index is 1.99. The molecule has 1 aromatic rings. The first-order valence-electron chi connectivity index (χ1n) is 7.45. The molecule has 2 amide bonds. The molecule has 5 heteroatoms. The molecule has 21 heavy (non-hydrogen) atoms. The molecule has 0 saturated carbocycles. The molecule has 0 bridgehead atoms. The highest BCUT2D eigenvalue weighted by Gasteiger charge is 2.26. The Hall–Kier alpha value is -1.36. The van der Waals surface area contributed by atoms with E-state index < -0.39 is 0 Å². The molecule has 1 aromatic carbocycles. The molecule has 1 N–H and O–H groups in total. The minimum absolute atomic E-state index is 0.0249. The molecule has 1 saturated heterocycles. The largest absolute Gasteiger partial charge is 0.352 e. The zero-order valence-electron chi connectivity index (χ0n) is 12.3. The van der Waals surface area contributed by atoms with Gasteiger partial charge in [0.05, 0.1) is 5.56 Å². The van der Waals surface area contributed by atoms with Crippen molar-refractivity contribution in [1.29, 1.82) is 0 Å². The Morgan fingerprint density at radius 2 is 2.14 bits per heavy atom. The first-order chi connectivity index (χ1) is 10.1. The van der Waals surface area contributed by atoms with Crippen LogP contribution < -0.4 is 5.32 Å². The van der Waals surface area contributed by atoms with Crippen LogP contribution >= 0.6 is 15.9 Å². The summed E-state index contributed by atoms with van der Waals surface area (Å²) in [6.07, 6.45) is 3.26. The van der Waals surface area contributed by atoms with Gasteiger partial charge in [0.25, 0.3) is 5.91 Å². The zero-order valence-corrected chi connectivity index (χ0v) is 13.9. The number of nitrogens with one attached hydrogen (secondary N) is 1. The Labute approximate surface area is 134 Å². The molecule has 0 aliphatic carbocycles. The van der Waals surface area contributed by atoms with E-state index >= 15 is 0 Å². The van der Waals surface area contributed by atoms with Crippen molar-refractivity contribution in [2.45, 2.75) is 38.6 Å². The lowest BCUT2D eigenvalue weighted by molar-refractivity contribution is -0.122. The number of hydrogen-bond donors (Lipinski definition) is 1. The summed E-state index contributed by atoms with van der Waals surface area (Å²) in [6, 6.07) is 7.53. The van der Waals surface area contributed by atoms with Gasteiger partial charge in [0.1, 0.15) is 0 Å². The van der Waals surface area contributed by atoms with Crippen LogP contribution in [0.25, 0.3) is 0 Å². The van der Waals surface area contributed by atoms with Crippen molar-refractivity contribution in [3.63, 3.8) is 0 Å². The molecule has 1 heterocycles. The predicted molar refractivity (Wildman–Crippen MR) is 86.1 cm³/mol. The summed E-state index contributed by atoms with van der Waals surface area (Å²) in [6.45, 7) is 3.33. The van der Waals surface area contributed by atoms with E-state index in [1.165, 1.54) is 0 Å². The fourth-order valence-electron chi connectivity index (χ4n) is 2.61. The van der Waals surface area contributed by atoms with Gasteiger partial charge in [-0.3, -0.25) is 9.59 Å². The smallest absolute Gasteiger partial charge is 0.255 e. The first kappa shape index (κ1) is 16.0. The summed E-state index contributed by atoms with van der Waals surface area (Å²) in [4.78, 5) is 26.1. The zero-order chi connectivity index (χ0) is 15.2. The Kier molecular flexibility index (Phi) is 5.79. The summed E-state index contributed by atoms with van der Waals surface area (Å²) in [5.41, 5.74) is 0.679. The number of amides is 2. The maximum atomic E-state index is 12.6. The Morgan fingerprint density at radius 1 is 1.38 bits per heavy atom. The summed E-state index contributed by atoms with van der Waals surface area (Å²) in [5, 5.41) is 3.03. The first-order valence-corrected chi connectivity index (χ1v) is 8.24. The number of carbonyl (C=O) groups excluding carboxylic acids is 2. The number of hydrogen-bond acceptors (Lipinski definition) is 2. The lowest BCUT2D eigenvalue weighted by Crippen LogP contribution is -2.49. The van der Waals surface area contributed by atoms with Gasteiger partial charge in [-0.25, -0.2) is 0 Å². The van der Waals surface area contributed by atoms with E-state index in [1.54, 1.807) is 0 Å². The van der Waals surface area contributed by atoms with Crippen LogP contribution in [0.5, 0.6) is 0 Å². The Bertz CT molecular complexity index is 519. The van der Waals surface area contributed by atoms with E-state index in [2.05, 4.69) is 21.2 Å². The minimum atomic E-state index is 0.0249. The maximum absolute atomic E-state index is 12.6. The van der Waals surface area contributed by atoms with Crippen molar-refractivity contribution in [1.82, 2.24) is 10.2 Å². The molecule has 114 valence electrons. The normalized spacial score (nSPS) is 18.4. The van der Waals surface area contributed by atoms with Crippen LogP contribution in [0.2, 0.25) is 0 Å². The average Bonchev–Trinajstić information content (AvgIpc) is 2.47. The molecule has 2 rings (SSSR count). The molecule has 1 fully saturated rings. The standard InChI is InChI=1S/C16H21BrN2O2/c1-2-6-15(20)18-12-7-5-10-19(11-12)16(21)13-8-3-4-9-14(13)17/h3-4,8-9,12H,2,5-7,10-11H2,1H3,(H,18,20). The number of rotatable bonds is 4. The van der Waals surface area contributed by atoms with Crippen LogP contribution in [-0.4, -0.2) is 35.8 Å². The van der Waals surface area contributed by atoms with Crippen molar-refractivity contribution in [3.05, 3.63) is 34.3 Å². The highest BCUT2D eigenvalue weighted by Crippen LogP contribution is 2.20. The van der Waals surface area contributed by atoms with Crippen molar-refractivity contribution in [3.8, 4) is 0 Å². The van der Waals surface area contributed by atoms with E-state index in [4.69, 9.17) is 0 Å². The van der Waals surface area contributed by atoms with E-state index in [1.807, 2.05) is 36.1 Å². The van der Waals surface area contributed by atoms with Gasteiger partial charge in [0, 0.05) is 30.0 Å². The number of nitrogens with zero attached hydrogens (tertiary/aromatic N) is 1. The van der Waals surface area contributed by atoms with E-state index in [0.717, 1.165) is 30.3 Å². The van der Waals surface area contributed by atoms with Gasteiger partial charge in [-0.05, 0) is 47.3 Å². The van der Waals surface area contributed by atoms with Gasteiger partial charge < -0.3 is 10.2 Å². The second-order valence-corrected chi connectivity index (χ2v) is 6.24. The van der Waals surface area contributed by atoms with Crippen LogP contribution in [-0.2, 0) is 4.79 Å². The van der Waals surface area contributed by atoms with Gasteiger partial charge in [0.15, 0.2) is 0 Å². The topological polar surface area (TPSA) is 49.4 Å². The van der Waals surface area contributed by atoms with Crippen LogP contribution in [0.15, 0.2) is 28.7 Å². The summed E-state index contributed by atoms with van der Waals surface area (Å²) < 4.78 is 0.812. The molecule has 0 radical (unpaired) electrons. The molecular weight excluding hydrogens is 332 g/mol. The van der Waals surface area contributed by atoms with Crippen LogP contribution in [0.3, 0.4) is 0 Å². The van der Waals surface area contributed by atoms with Crippen LogP contribution in [0.1, 0.15) is 43.0 Å². The van der Waals surface area contributed by atoms with Crippen LogP contribution in [0.4, 0.5) is 0 Å². The fourth-order valence-corrected chi connectivity index (χ4v) is 3.07. The van der Waals surface area contributed by atoms with Gasteiger partial charge in [0.2, 0.25) is 5.91 Å². The lowest BCUT2D eigenvalue weighted by Gasteiger charge is -2.33. The molecule has 1 aliphatic heterocycles. The van der Waals surface area contributed by atoms with Crippen molar-refractivity contribution in [2.75, 3.05) is 13.1 Å². The molecule has 1 atom stereocenters. The molecule has 4 nitrogen and oxygen atoms in total. The third-order valence-corrected chi connectivity index (χ3v) is 4.35.